The van der Waals surface area contributed by atoms with Crippen molar-refractivity contribution < 1.29 is 32.6 Å². The highest BCUT2D eigenvalue weighted by molar-refractivity contribution is 6.74. The van der Waals surface area contributed by atoms with Gasteiger partial charge in [-0.05, 0) is 68.8 Å². The minimum absolute atomic E-state index is 0.0757. The van der Waals surface area contributed by atoms with Crippen LogP contribution in [0.3, 0.4) is 0 Å². The van der Waals surface area contributed by atoms with Crippen molar-refractivity contribution in [2.75, 3.05) is 19.8 Å². The molecule has 0 radical (unpaired) electrons. The van der Waals surface area contributed by atoms with E-state index in [2.05, 4.69) is 33.9 Å². The number of hydrogen-bond donors (Lipinski definition) is 0. The van der Waals surface area contributed by atoms with Crippen LogP contribution < -0.4 is 4.74 Å². The van der Waals surface area contributed by atoms with Crippen LogP contribution in [0, 0.1) is 17.7 Å². The van der Waals surface area contributed by atoms with Crippen molar-refractivity contribution >= 4 is 14.3 Å². The molecule has 1 aliphatic carbocycles. The van der Waals surface area contributed by atoms with E-state index >= 15 is 4.39 Å². The highest BCUT2D eigenvalue weighted by Crippen LogP contribution is 2.46. The minimum atomic E-state index is -1.96. The number of ether oxygens (including phenoxy) is 4. The molecule has 2 heterocycles. The molecule has 1 aromatic carbocycles. The fourth-order valence-electron chi connectivity index (χ4n) is 5.35. The standard InChI is InChI=1S/C28H43FO6Si/c1-7-31-27(30)20-14-12-18-11-13-19-21(17-33-36(5,6)28(2,3)4)23(34-24-10-8-9-15-32-24)16-22(19)35-26(18)25(20)29/h12,14,19,21-24H,7-11,13,15-17H2,1-6H3/t19-,21-,22+,23-,24?/m1/s1. The van der Waals surface area contributed by atoms with Gasteiger partial charge in [0.15, 0.2) is 26.2 Å². The zero-order valence-electron chi connectivity index (χ0n) is 22.7. The van der Waals surface area contributed by atoms with E-state index in [1.807, 2.05) is 0 Å². The van der Waals surface area contributed by atoms with E-state index in [1.54, 1.807) is 13.0 Å². The number of fused-ring (bicyclic) bond motifs is 2. The Morgan fingerprint density at radius 2 is 1.97 bits per heavy atom. The maximum atomic E-state index is 15.5. The van der Waals surface area contributed by atoms with Crippen LogP contribution in [0.25, 0.3) is 0 Å². The number of aryl methyl sites for hydroxylation is 1. The molecule has 5 atom stereocenters. The Morgan fingerprint density at radius 1 is 1.19 bits per heavy atom. The van der Waals surface area contributed by atoms with E-state index < -0.39 is 20.1 Å². The monoisotopic (exact) mass is 522 g/mol. The number of carbonyl (C=O) groups is 1. The summed E-state index contributed by atoms with van der Waals surface area (Å²) in [6.07, 6.45) is 4.75. The van der Waals surface area contributed by atoms with Crippen LogP contribution in [0.4, 0.5) is 4.39 Å². The van der Waals surface area contributed by atoms with Crippen LogP contribution in [-0.2, 0) is 25.1 Å². The average Bonchev–Trinajstić information content (AvgIpc) is 3.01. The van der Waals surface area contributed by atoms with Gasteiger partial charge in [-0.1, -0.05) is 26.8 Å². The first-order valence-corrected chi connectivity index (χ1v) is 16.5. The Bertz CT molecular complexity index is 923. The molecule has 36 heavy (non-hydrogen) atoms. The summed E-state index contributed by atoms with van der Waals surface area (Å²) in [6.45, 7) is 14.5. The molecule has 0 spiro atoms. The summed E-state index contributed by atoms with van der Waals surface area (Å²) >= 11 is 0. The van der Waals surface area contributed by atoms with Crippen molar-refractivity contribution in [1.82, 2.24) is 0 Å². The van der Waals surface area contributed by atoms with E-state index in [0.717, 1.165) is 37.9 Å². The lowest BCUT2D eigenvalue weighted by Crippen LogP contribution is -2.44. The molecule has 3 aliphatic rings. The summed E-state index contributed by atoms with van der Waals surface area (Å²) in [6, 6.07) is 3.32. The second-order valence-electron chi connectivity index (χ2n) is 11.9. The molecule has 0 amide bonds. The van der Waals surface area contributed by atoms with Crippen LogP contribution in [0.15, 0.2) is 12.1 Å². The molecule has 1 saturated heterocycles. The van der Waals surface area contributed by atoms with Gasteiger partial charge in [0.05, 0.1) is 18.3 Å². The number of halogens is 1. The van der Waals surface area contributed by atoms with Crippen molar-refractivity contribution in [2.45, 2.75) is 103 Å². The van der Waals surface area contributed by atoms with Gasteiger partial charge in [0, 0.05) is 31.5 Å². The van der Waals surface area contributed by atoms with Crippen molar-refractivity contribution in [3.63, 3.8) is 0 Å². The van der Waals surface area contributed by atoms with Crippen LogP contribution in [0.2, 0.25) is 18.1 Å². The van der Waals surface area contributed by atoms with Gasteiger partial charge >= 0.3 is 5.97 Å². The third-order valence-electron chi connectivity index (χ3n) is 8.57. The highest BCUT2D eigenvalue weighted by atomic mass is 28.4. The quantitative estimate of drug-likeness (QED) is 0.311. The SMILES string of the molecule is CCOC(=O)c1ccc2c(c1F)O[C@H]1C[C@@H](OC3CCCCO3)[C@H](CO[Si](C)(C)C(C)(C)C)[C@H]1CC2. The van der Waals surface area contributed by atoms with Gasteiger partial charge in [0.1, 0.15) is 6.10 Å². The van der Waals surface area contributed by atoms with Gasteiger partial charge in [-0.15, -0.1) is 0 Å². The average molecular weight is 523 g/mol. The molecule has 8 heteroatoms. The predicted octanol–water partition coefficient (Wildman–Crippen LogP) is 6.27. The number of esters is 1. The molecule has 202 valence electrons. The summed E-state index contributed by atoms with van der Waals surface area (Å²) in [5, 5.41) is 0.108. The number of hydrogen-bond acceptors (Lipinski definition) is 6. The number of benzene rings is 1. The predicted molar refractivity (Wildman–Crippen MR) is 138 cm³/mol. The van der Waals surface area contributed by atoms with Crippen LogP contribution >= 0.6 is 0 Å². The first-order chi connectivity index (χ1) is 17.0. The van der Waals surface area contributed by atoms with Crippen LogP contribution in [0.5, 0.6) is 5.75 Å². The normalized spacial score (nSPS) is 28.6. The first kappa shape index (κ1) is 27.5. The Kier molecular flexibility index (Phi) is 8.49. The molecule has 2 fully saturated rings. The maximum Gasteiger partial charge on any atom is 0.341 e. The van der Waals surface area contributed by atoms with Gasteiger partial charge in [-0.2, -0.15) is 0 Å². The Morgan fingerprint density at radius 3 is 2.64 bits per heavy atom. The lowest BCUT2D eigenvalue weighted by Gasteiger charge is -2.38. The Labute approximate surface area is 216 Å². The van der Waals surface area contributed by atoms with Gasteiger partial charge < -0.3 is 23.4 Å². The Balaban J connectivity index is 1.57. The lowest BCUT2D eigenvalue weighted by atomic mass is 9.89. The van der Waals surface area contributed by atoms with E-state index in [0.29, 0.717) is 19.4 Å². The fraction of sp³-hybridized carbons (Fsp3) is 0.750. The molecular formula is C28H43FO6Si. The van der Waals surface area contributed by atoms with Crippen molar-refractivity contribution in [1.29, 1.82) is 0 Å². The molecule has 0 bridgehead atoms. The van der Waals surface area contributed by atoms with Crippen molar-refractivity contribution in [3.8, 4) is 5.75 Å². The van der Waals surface area contributed by atoms with Gasteiger partial charge in [-0.3, -0.25) is 0 Å². The topological polar surface area (TPSA) is 63.2 Å². The molecule has 1 saturated carbocycles. The second-order valence-corrected chi connectivity index (χ2v) is 16.7. The van der Waals surface area contributed by atoms with Crippen molar-refractivity contribution in [2.24, 2.45) is 11.8 Å². The largest absolute Gasteiger partial charge is 0.487 e. The van der Waals surface area contributed by atoms with Gasteiger partial charge in [0.25, 0.3) is 0 Å². The summed E-state index contributed by atoms with van der Waals surface area (Å²) < 4.78 is 46.0. The highest BCUT2D eigenvalue weighted by Gasteiger charge is 2.49. The second kappa shape index (κ2) is 11.1. The molecule has 0 aromatic heterocycles. The summed E-state index contributed by atoms with van der Waals surface area (Å²) in [4.78, 5) is 12.3. The minimum Gasteiger partial charge on any atom is -0.487 e. The molecular weight excluding hydrogens is 479 g/mol. The van der Waals surface area contributed by atoms with Crippen LogP contribution in [0.1, 0.15) is 75.7 Å². The molecule has 1 aromatic rings. The fourth-order valence-corrected chi connectivity index (χ4v) is 6.39. The van der Waals surface area contributed by atoms with E-state index in [1.165, 1.54) is 6.07 Å². The molecule has 0 N–H and O–H groups in total. The van der Waals surface area contributed by atoms with Crippen molar-refractivity contribution in [3.05, 3.63) is 29.1 Å². The van der Waals surface area contributed by atoms with E-state index in [9.17, 15) is 4.79 Å². The third kappa shape index (κ3) is 5.82. The summed E-state index contributed by atoms with van der Waals surface area (Å²) in [7, 11) is -1.96. The molecule has 4 rings (SSSR count). The molecule has 2 aliphatic heterocycles. The zero-order chi connectivity index (χ0) is 26.1. The van der Waals surface area contributed by atoms with Gasteiger partial charge in [0.2, 0.25) is 0 Å². The van der Waals surface area contributed by atoms with E-state index in [-0.39, 0.29) is 53.3 Å². The van der Waals surface area contributed by atoms with E-state index in [4.69, 9.17) is 23.4 Å². The smallest absolute Gasteiger partial charge is 0.341 e. The lowest BCUT2D eigenvalue weighted by molar-refractivity contribution is -0.197. The Hall–Kier alpha value is -1.48. The summed E-state index contributed by atoms with van der Waals surface area (Å²) in [5.41, 5.74) is 0.723. The zero-order valence-corrected chi connectivity index (χ0v) is 23.7. The summed E-state index contributed by atoms with van der Waals surface area (Å²) in [5.74, 6) is -0.796. The number of rotatable bonds is 7. The molecule has 1 unspecified atom stereocenters. The maximum absolute atomic E-state index is 15.5. The third-order valence-corrected chi connectivity index (χ3v) is 13.1. The van der Waals surface area contributed by atoms with Gasteiger partial charge in [-0.25, -0.2) is 9.18 Å². The first-order valence-electron chi connectivity index (χ1n) is 13.6. The number of carbonyl (C=O) groups excluding carboxylic acids is 1. The van der Waals surface area contributed by atoms with Crippen LogP contribution in [-0.4, -0.2) is 52.6 Å². The molecule has 6 nitrogen and oxygen atoms in total.